The minimum atomic E-state index is -0.706. The molecule has 1 aromatic heterocycles. The lowest BCUT2D eigenvalue weighted by Gasteiger charge is -2.39. The van der Waals surface area contributed by atoms with Crippen LogP contribution in [-0.4, -0.2) is 53.6 Å². The fraction of sp³-hybridized carbons (Fsp3) is 0.241. The largest absolute Gasteiger partial charge is 0.506 e. The average Bonchev–Trinajstić information content (AvgIpc) is 2.91. The number of benzene rings is 3. The summed E-state index contributed by atoms with van der Waals surface area (Å²) in [7, 11) is 0. The van der Waals surface area contributed by atoms with Crippen LogP contribution in [0, 0.1) is 23.0 Å². The summed E-state index contributed by atoms with van der Waals surface area (Å²) < 4.78 is 34.3. The molecule has 1 saturated heterocycles. The van der Waals surface area contributed by atoms with Gasteiger partial charge in [-0.25, -0.2) is 8.78 Å². The SMILES string of the molecule is N#Cc1cccc(-c2ccc3ncc(-c4cc(F)cc(F)c4)c(N4CC[C@H](N)[C@H](OCCO)C4)c3c2)c1O. The lowest BCUT2D eigenvalue weighted by atomic mass is 9.94. The number of hydrogen-bond acceptors (Lipinski definition) is 7. The van der Waals surface area contributed by atoms with E-state index in [2.05, 4.69) is 9.88 Å². The van der Waals surface area contributed by atoms with Gasteiger partial charge in [0.1, 0.15) is 23.5 Å². The van der Waals surface area contributed by atoms with Crippen molar-refractivity contribution in [3.05, 3.63) is 78.0 Å². The first kappa shape index (κ1) is 25.5. The van der Waals surface area contributed by atoms with Gasteiger partial charge in [-0.2, -0.15) is 5.26 Å². The molecule has 3 aromatic carbocycles. The third-order valence-corrected chi connectivity index (χ3v) is 6.83. The molecule has 4 N–H and O–H groups in total. The Morgan fingerprint density at radius 2 is 1.87 bits per heavy atom. The zero-order valence-corrected chi connectivity index (χ0v) is 20.4. The Hall–Kier alpha value is -4.10. The summed E-state index contributed by atoms with van der Waals surface area (Å²) in [6.07, 6.45) is 1.83. The minimum absolute atomic E-state index is 0.131. The molecule has 0 unspecified atom stereocenters. The van der Waals surface area contributed by atoms with Gasteiger partial charge in [-0.05, 0) is 47.9 Å². The van der Waals surface area contributed by atoms with Gasteiger partial charge in [-0.15, -0.1) is 0 Å². The van der Waals surface area contributed by atoms with Crippen LogP contribution < -0.4 is 10.6 Å². The van der Waals surface area contributed by atoms with Crippen LogP contribution in [0.15, 0.2) is 60.8 Å². The first-order valence-electron chi connectivity index (χ1n) is 12.2. The van der Waals surface area contributed by atoms with E-state index in [1.807, 2.05) is 12.1 Å². The second-order valence-electron chi connectivity index (χ2n) is 9.26. The van der Waals surface area contributed by atoms with Crippen LogP contribution in [0.5, 0.6) is 5.75 Å². The lowest BCUT2D eigenvalue weighted by Crippen LogP contribution is -2.52. The van der Waals surface area contributed by atoms with E-state index in [1.54, 1.807) is 30.5 Å². The Kier molecular flexibility index (Phi) is 7.20. The lowest BCUT2D eigenvalue weighted by molar-refractivity contribution is 0.0108. The van der Waals surface area contributed by atoms with Gasteiger partial charge in [0.15, 0.2) is 0 Å². The standard InChI is InChI=1S/C29H26F2N4O3/c30-20-10-19(11-21(31)13-20)24-15-34-26-5-4-17(22-3-1-2-18(14-32)29(22)37)12-23(26)28(24)35-7-6-25(33)27(16-35)38-9-8-36/h1-5,10-13,15,25,27,36-37H,6-9,16,33H2/t25-,27+/m0/s1. The number of fused-ring (bicyclic) bond motifs is 1. The topological polar surface area (TPSA) is 116 Å². The van der Waals surface area contributed by atoms with Gasteiger partial charge in [0.25, 0.3) is 0 Å². The van der Waals surface area contributed by atoms with Crippen molar-refractivity contribution in [1.82, 2.24) is 4.98 Å². The maximum atomic E-state index is 14.3. The summed E-state index contributed by atoms with van der Waals surface area (Å²) in [5, 5.41) is 30.0. The fourth-order valence-corrected chi connectivity index (χ4v) is 4.99. The molecule has 1 fully saturated rings. The Balaban J connectivity index is 1.72. The van der Waals surface area contributed by atoms with Crippen LogP contribution in [0.25, 0.3) is 33.2 Å². The number of piperidine rings is 1. The zero-order chi connectivity index (χ0) is 26.8. The molecule has 0 saturated carbocycles. The van der Waals surface area contributed by atoms with Crippen molar-refractivity contribution in [3.8, 4) is 34.1 Å². The Morgan fingerprint density at radius 1 is 1.08 bits per heavy atom. The molecule has 38 heavy (non-hydrogen) atoms. The first-order valence-corrected chi connectivity index (χ1v) is 12.2. The highest BCUT2D eigenvalue weighted by atomic mass is 19.1. The number of rotatable bonds is 6. The molecule has 0 bridgehead atoms. The second kappa shape index (κ2) is 10.7. The van der Waals surface area contributed by atoms with E-state index < -0.39 is 11.6 Å². The van der Waals surface area contributed by atoms with E-state index in [-0.39, 0.29) is 36.7 Å². The van der Waals surface area contributed by atoms with Crippen LogP contribution in [0.2, 0.25) is 0 Å². The molecule has 0 spiro atoms. The van der Waals surface area contributed by atoms with Crippen LogP contribution in [0.1, 0.15) is 12.0 Å². The highest BCUT2D eigenvalue weighted by Gasteiger charge is 2.30. The molecule has 0 radical (unpaired) electrons. The van der Waals surface area contributed by atoms with Crippen molar-refractivity contribution < 1.29 is 23.7 Å². The molecule has 2 atom stereocenters. The van der Waals surface area contributed by atoms with E-state index in [4.69, 9.17) is 10.5 Å². The molecule has 194 valence electrons. The Labute approximate surface area is 218 Å². The van der Waals surface area contributed by atoms with E-state index in [1.165, 1.54) is 18.2 Å². The molecule has 9 heteroatoms. The van der Waals surface area contributed by atoms with Crippen molar-refractivity contribution >= 4 is 16.6 Å². The number of halogens is 2. The molecule has 1 aliphatic rings. The van der Waals surface area contributed by atoms with Crippen LogP contribution in [0.4, 0.5) is 14.5 Å². The van der Waals surface area contributed by atoms with Crippen molar-refractivity contribution in [2.24, 2.45) is 5.73 Å². The molecular weight excluding hydrogens is 490 g/mol. The molecule has 2 heterocycles. The number of nitrogens with zero attached hydrogens (tertiary/aromatic N) is 3. The predicted molar refractivity (Wildman–Crippen MR) is 141 cm³/mol. The van der Waals surface area contributed by atoms with Gasteiger partial charge in [0.05, 0.1) is 36.1 Å². The number of nitriles is 1. The average molecular weight is 517 g/mol. The number of hydrogen-bond donors (Lipinski definition) is 3. The summed E-state index contributed by atoms with van der Waals surface area (Å²) in [5.41, 5.74) is 9.78. The van der Waals surface area contributed by atoms with Gasteiger partial charge < -0.3 is 25.6 Å². The van der Waals surface area contributed by atoms with Crippen LogP contribution in [-0.2, 0) is 4.74 Å². The number of aliphatic hydroxyl groups is 1. The summed E-state index contributed by atoms with van der Waals surface area (Å²) in [4.78, 5) is 6.63. The Morgan fingerprint density at radius 3 is 2.61 bits per heavy atom. The third-order valence-electron chi connectivity index (χ3n) is 6.83. The van der Waals surface area contributed by atoms with Gasteiger partial charge in [-0.1, -0.05) is 18.2 Å². The number of nitrogens with two attached hydrogens (primary N) is 1. The normalized spacial score (nSPS) is 17.5. The van der Waals surface area contributed by atoms with Gasteiger partial charge in [-0.3, -0.25) is 4.98 Å². The number of ether oxygens (including phenoxy) is 1. The van der Waals surface area contributed by atoms with Crippen LogP contribution in [0.3, 0.4) is 0 Å². The van der Waals surface area contributed by atoms with E-state index in [0.717, 1.165) is 6.07 Å². The number of para-hydroxylation sites is 1. The van der Waals surface area contributed by atoms with Gasteiger partial charge in [0, 0.05) is 47.9 Å². The van der Waals surface area contributed by atoms with Crippen molar-refractivity contribution in [1.29, 1.82) is 5.26 Å². The maximum absolute atomic E-state index is 14.3. The molecular formula is C29H26F2N4O3. The number of pyridine rings is 1. The highest BCUT2D eigenvalue weighted by Crippen LogP contribution is 2.41. The maximum Gasteiger partial charge on any atom is 0.141 e. The first-order chi connectivity index (χ1) is 18.4. The number of aliphatic hydroxyl groups excluding tert-OH is 1. The predicted octanol–water partition coefficient (Wildman–Crippen LogP) is 4.34. The van der Waals surface area contributed by atoms with Crippen LogP contribution >= 0.6 is 0 Å². The summed E-state index contributed by atoms with van der Waals surface area (Å²) in [5.74, 6) is -1.54. The monoisotopic (exact) mass is 516 g/mol. The number of anilines is 1. The second-order valence-corrected chi connectivity index (χ2v) is 9.26. The number of aromatic nitrogens is 1. The zero-order valence-electron chi connectivity index (χ0n) is 20.4. The fourth-order valence-electron chi connectivity index (χ4n) is 4.99. The highest BCUT2D eigenvalue weighted by molar-refractivity contribution is 6.02. The molecule has 1 aliphatic heterocycles. The molecule has 7 nitrogen and oxygen atoms in total. The number of aromatic hydroxyl groups is 1. The Bertz CT molecular complexity index is 1520. The van der Waals surface area contributed by atoms with Crippen molar-refractivity contribution in [2.75, 3.05) is 31.2 Å². The van der Waals surface area contributed by atoms with E-state index >= 15 is 0 Å². The molecule has 5 rings (SSSR count). The molecule has 0 amide bonds. The minimum Gasteiger partial charge on any atom is -0.506 e. The van der Waals surface area contributed by atoms with Gasteiger partial charge >= 0.3 is 0 Å². The third kappa shape index (κ3) is 4.89. The van der Waals surface area contributed by atoms with E-state index in [0.29, 0.717) is 58.4 Å². The number of phenols is 1. The molecule has 0 aliphatic carbocycles. The van der Waals surface area contributed by atoms with Gasteiger partial charge in [0.2, 0.25) is 0 Å². The van der Waals surface area contributed by atoms with Crippen molar-refractivity contribution in [2.45, 2.75) is 18.6 Å². The molecule has 4 aromatic rings. The summed E-state index contributed by atoms with van der Waals surface area (Å²) in [6.45, 7) is 0.960. The van der Waals surface area contributed by atoms with E-state index in [9.17, 15) is 24.3 Å². The summed E-state index contributed by atoms with van der Waals surface area (Å²) in [6, 6.07) is 15.5. The quantitative estimate of drug-likeness (QED) is 0.349. The number of phenolic OH excluding ortho intramolecular Hbond substituents is 1. The summed E-state index contributed by atoms with van der Waals surface area (Å²) >= 11 is 0. The van der Waals surface area contributed by atoms with Crippen molar-refractivity contribution in [3.63, 3.8) is 0 Å². The smallest absolute Gasteiger partial charge is 0.141 e.